The van der Waals surface area contributed by atoms with Crippen molar-refractivity contribution in [2.75, 3.05) is 0 Å². The highest BCUT2D eigenvalue weighted by Crippen LogP contribution is 2.62. The second-order valence-corrected chi connectivity index (χ2v) is 7.06. The van der Waals surface area contributed by atoms with Gasteiger partial charge in [-0.1, -0.05) is 79.4 Å². The smallest absolute Gasteiger partial charge is 0.123 e. The minimum Gasteiger partial charge on any atom is -0.207 e. The van der Waals surface area contributed by atoms with Gasteiger partial charge in [0.2, 0.25) is 0 Å². The quantitative estimate of drug-likeness (QED) is 0.484. The topological polar surface area (TPSA) is 0 Å². The number of allylic oxidation sites excluding steroid dienone is 5. The van der Waals surface area contributed by atoms with Crippen LogP contribution in [0.3, 0.4) is 0 Å². The van der Waals surface area contributed by atoms with E-state index in [1.807, 2.05) is 19.1 Å². The van der Waals surface area contributed by atoms with Crippen molar-refractivity contribution in [2.24, 2.45) is 0 Å². The molecule has 0 saturated heterocycles. The average Bonchev–Trinajstić information content (AvgIpc) is 3.14. The first-order valence-corrected chi connectivity index (χ1v) is 9.23. The molecule has 0 bridgehead atoms. The van der Waals surface area contributed by atoms with Gasteiger partial charge in [0.05, 0.1) is 5.41 Å². The Balaban J connectivity index is 2.03. The molecule has 130 valence electrons. The Kier molecular flexibility index (Phi) is 3.35. The summed E-state index contributed by atoms with van der Waals surface area (Å²) in [6.45, 7) is 6.10. The predicted molar refractivity (Wildman–Crippen MR) is 110 cm³/mol. The van der Waals surface area contributed by atoms with Crippen LogP contribution in [0, 0.1) is 5.82 Å². The summed E-state index contributed by atoms with van der Waals surface area (Å²) in [5, 5.41) is 0. The molecular formula is C26H19F. The lowest BCUT2D eigenvalue weighted by Crippen LogP contribution is -2.26. The van der Waals surface area contributed by atoms with E-state index in [2.05, 4.69) is 67.3 Å². The number of hydrogen-bond acceptors (Lipinski definition) is 0. The lowest BCUT2D eigenvalue weighted by atomic mass is 9.69. The first-order chi connectivity index (χ1) is 13.2. The van der Waals surface area contributed by atoms with Gasteiger partial charge in [0.15, 0.2) is 0 Å². The van der Waals surface area contributed by atoms with Crippen molar-refractivity contribution < 1.29 is 4.39 Å². The fourth-order valence-electron chi connectivity index (χ4n) is 4.97. The lowest BCUT2D eigenvalue weighted by molar-refractivity contribution is 0.621. The summed E-state index contributed by atoms with van der Waals surface area (Å²) < 4.78 is 14.4. The van der Waals surface area contributed by atoms with Crippen LogP contribution in [0.5, 0.6) is 0 Å². The van der Waals surface area contributed by atoms with Crippen molar-refractivity contribution in [1.82, 2.24) is 0 Å². The lowest BCUT2D eigenvalue weighted by Gasteiger charge is -2.31. The van der Waals surface area contributed by atoms with Gasteiger partial charge in [-0.2, -0.15) is 0 Å². The van der Waals surface area contributed by atoms with Gasteiger partial charge in [0.25, 0.3) is 0 Å². The number of benzene rings is 3. The Hall–Kier alpha value is -3.19. The number of rotatable bonds is 2. The van der Waals surface area contributed by atoms with Gasteiger partial charge in [0, 0.05) is 0 Å². The molecule has 2 aliphatic carbocycles. The molecule has 0 nitrogen and oxygen atoms in total. The van der Waals surface area contributed by atoms with Gasteiger partial charge < -0.3 is 0 Å². The molecule has 27 heavy (non-hydrogen) atoms. The maximum Gasteiger partial charge on any atom is 0.123 e. The van der Waals surface area contributed by atoms with Crippen LogP contribution in [0.4, 0.5) is 4.39 Å². The minimum atomic E-state index is -0.499. The third-order valence-corrected chi connectivity index (χ3v) is 5.86. The van der Waals surface area contributed by atoms with E-state index < -0.39 is 5.41 Å². The summed E-state index contributed by atoms with van der Waals surface area (Å²) >= 11 is 0. The summed E-state index contributed by atoms with van der Waals surface area (Å²) in [5.41, 5.74) is 8.67. The number of hydrogen-bond donors (Lipinski definition) is 0. The maximum atomic E-state index is 14.4. The van der Waals surface area contributed by atoms with Crippen molar-refractivity contribution in [3.63, 3.8) is 0 Å². The Bertz CT molecular complexity index is 1110. The normalized spacial score (nSPS) is 15.9. The van der Waals surface area contributed by atoms with Gasteiger partial charge >= 0.3 is 0 Å². The molecule has 0 unspecified atom stereocenters. The monoisotopic (exact) mass is 350 g/mol. The molecule has 0 aromatic heterocycles. The van der Waals surface area contributed by atoms with Crippen molar-refractivity contribution >= 4 is 5.57 Å². The summed E-state index contributed by atoms with van der Waals surface area (Å²) in [4.78, 5) is 0. The molecule has 1 heteroatoms. The Morgan fingerprint density at radius 2 is 1.44 bits per heavy atom. The van der Waals surface area contributed by atoms with Gasteiger partial charge in [-0.25, -0.2) is 4.39 Å². The molecule has 0 N–H and O–H groups in total. The SMILES string of the molecule is C=CC1=C(/C=C\C)C2(c3cc(F)ccc31)c1ccccc1-c1ccccc12. The molecule has 0 saturated carbocycles. The van der Waals surface area contributed by atoms with E-state index in [1.165, 1.54) is 22.3 Å². The molecule has 0 atom stereocenters. The zero-order valence-electron chi connectivity index (χ0n) is 15.2. The molecule has 2 aliphatic rings. The number of halogens is 1. The van der Waals surface area contributed by atoms with Gasteiger partial charge in [-0.3, -0.25) is 0 Å². The second kappa shape index (κ2) is 5.65. The molecule has 0 fully saturated rings. The van der Waals surface area contributed by atoms with Crippen LogP contribution >= 0.6 is 0 Å². The molecule has 5 rings (SSSR count). The molecular weight excluding hydrogens is 331 g/mol. The number of fused-ring (bicyclic) bond motifs is 7. The first kappa shape index (κ1) is 16.0. The molecule has 0 heterocycles. The summed E-state index contributed by atoms with van der Waals surface area (Å²) in [5.74, 6) is -0.208. The third-order valence-electron chi connectivity index (χ3n) is 5.86. The van der Waals surface area contributed by atoms with E-state index in [4.69, 9.17) is 0 Å². The van der Waals surface area contributed by atoms with E-state index in [1.54, 1.807) is 12.1 Å². The van der Waals surface area contributed by atoms with Crippen LogP contribution in [0.15, 0.2) is 97.1 Å². The zero-order valence-corrected chi connectivity index (χ0v) is 15.2. The molecule has 0 radical (unpaired) electrons. The van der Waals surface area contributed by atoms with Crippen LogP contribution in [-0.2, 0) is 5.41 Å². The summed E-state index contributed by atoms with van der Waals surface area (Å²) in [6.07, 6.45) is 6.13. The van der Waals surface area contributed by atoms with Crippen LogP contribution in [0.25, 0.3) is 16.7 Å². The van der Waals surface area contributed by atoms with E-state index in [9.17, 15) is 4.39 Å². The van der Waals surface area contributed by atoms with Gasteiger partial charge in [-0.05, 0) is 63.6 Å². The third kappa shape index (κ3) is 1.86. The zero-order chi connectivity index (χ0) is 18.6. The Morgan fingerprint density at radius 3 is 2.04 bits per heavy atom. The fraction of sp³-hybridized carbons (Fsp3) is 0.0769. The van der Waals surface area contributed by atoms with Crippen molar-refractivity contribution in [3.05, 3.63) is 125 Å². The summed E-state index contributed by atoms with van der Waals surface area (Å²) in [6, 6.07) is 22.1. The molecule has 1 spiro atoms. The van der Waals surface area contributed by atoms with Crippen LogP contribution in [-0.4, -0.2) is 0 Å². The van der Waals surface area contributed by atoms with Crippen molar-refractivity contribution in [1.29, 1.82) is 0 Å². The highest BCUT2D eigenvalue weighted by Gasteiger charge is 2.51. The highest BCUT2D eigenvalue weighted by atomic mass is 19.1. The largest absolute Gasteiger partial charge is 0.207 e. The van der Waals surface area contributed by atoms with Crippen molar-refractivity contribution in [2.45, 2.75) is 12.3 Å². The average molecular weight is 350 g/mol. The first-order valence-electron chi connectivity index (χ1n) is 9.23. The minimum absolute atomic E-state index is 0.208. The van der Waals surface area contributed by atoms with Gasteiger partial charge in [-0.15, -0.1) is 0 Å². The standard InChI is InChI=1S/C26H19F/c1-3-9-22-18(4-2)21-15-14-17(27)16-25(21)26(22)23-12-7-5-10-19(23)20-11-6-8-13-24(20)26/h3-16H,2H2,1H3/b9-3-. The van der Waals surface area contributed by atoms with E-state index in [0.717, 1.165) is 22.3 Å². The van der Waals surface area contributed by atoms with E-state index in [-0.39, 0.29) is 5.82 Å². The molecule has 3 aromatic carbocycles. The van der Waals surface area contributed by atoms with Crippen LogP contribution in [0.2, 0.25) is 0 Å². The van der Waals surface area contributed by atoms with E-state index in [0.29, 0.717) is 0 Å². The second-order valence-electron chi connectivity index (χ2n) is 7.06. The van der Waals surface area contributed by atoms with Crippen LogP contribution in [0.1, 0.15) is 29.2 Å². The van der Waals surface area contributed by atoms with Gasteiger partial charge in [0.1, 0.15) is 5.82 Å². The molecule has 3 aromatic rings. The van der Waals surface area contributed by atoms with Crippen LogP contribution < -0.4 is 0 Å². The van der Waals surface area contributed by atoms with E-state index >= 15 is 0 Å². The maximum absolute atomic E-state index is 14.4. The fourth-order valence-corrected chi connectivity index (χ4v) is 4.97. The molecule has 0 amide bonds. The molecule has 0 aliphatic heterocycles. The summed E-state index contributed by atoms with van der Waals surface area (Å²) in [7, 11) is 0. The predicted octanol–water partition coefficient (Wildman–Crippen LogP) is 6.67. The highest BCUT2D eigenvalue weighted by molar-refractivity contribution is 5.97. The van der Waals surface area contributed by atoms with Crippen molar-refractivity contribution in [3.8, 4) is 11.1 Å². The Labute approximate surface area is 159 Å². The Morgan fingerprint density at radius 1 is 0.815 bits per heavy atom.